The minimum absolute atomic E-state index is 0.0142. The maximum atomic E-state index is 11.9. The summed E-state index contributed by atoms with van der Waals surface area (Å²) in [5.74, 6) is -0.0845. The number of aromatic hydroxyl groups is 1. The molecule has 0 atom stereocenters. The Morgan fingerprint density at radius 1 is 1.33 bits per heavy atom. The number of halogens is 2. The maximum absolute atomic E-state index is 11.9. The summed E-state index contributed by atoms with van der Waals surface area (Å²) in [5, 5.41) is 9.83. The van der Waals surface area contributed by atoms with Gasteiger partial charge in [0.1, 0.15) is 11.5 Å². The summed E-state index contributed by atoms with van der Waals surface area (Å²) < 4.78 is 28.0. The zero-order valence-corrected chi connectivity index (χ0v) is 7.52. The second kappa shape index (κ2) is 3.68. The second-order valence-corrected chi connectivity index (χ2v) is 2.89. The Kier molecular flexibility index (Phi) is 2.37. The molecule has 2 rings (SSSR count). The maximum Gasteiger partial charge on any atom is 0.387 e. The highest BCUT2D eigenvalue weighted by Gasteiger charge is 2.07. The average Bonchev–Trinajstić information content (AvgIpc) is 2.18. The van der Waals surface area contributed by atoms with Crippen LogP contribution in [0.15, 0.2) is 30.5 Å². The molecule has 0 bridgehead atoms. The number of phenolic OH excluding ortho intramolecular Hbond substituents is 1. The Bertz CT molecular complexity index is 488. The normalized spacial score (nSPS) is 10.9. The summed E-state index contributed by atoms with van der Waals surface area (Å²) in [6, 6.07) is 6.07. The van der Waals surface area contributed by atoms with Crippen LogP contribution < -0.4 is 4.74 Å². The van der Waals surface area contributed by atoms with E-state index >= 15 is 0 Å². The highest BCUT2D eigenvalue weighted by molar-refractivity contribution is 5.85. The fourth-order valence-electron chi connectivity index (χ4n) is 1.28. The molecule has 1 aromatic carbocycles. The summed E-state index contributed by atoms with van der Waals surface area (Å²) in [6.45, 7) is -2.89. The molecule has 78 valence electrons. The molecule has 2 aromatic rings. The van der Waals surface area contributed by atoms with Gasteiger partial charge < -0.3 is 9.84 Å². The number of fused-ring (bicyclic) bond motifs is 1. The number of ether oxygens (including phenoxy) is 1. The molecule has 0 unspecified atom stereocenters. The van der Waals surface area contributed by atoms with Crippen LogP contribution in [0.25, 0.3) is 10.9 Å². The van der Waals surface area contributed by atoms with Gasteiger partial charge in [-0.15, -0.1) is 0 Å². The molecule has 5 heteroatoms. The van der Waals surface area contributed by atoms with Gasteiger partial charge in [-0.25, -0.2) is 0 Å². The van der Waals surface area contributed by atoms with E-state index in [1.807, 2.05) is 0 Å². The average molecular weight is 211 g/mol. The first-order valence-corrected chi connectivity index (χ1v) is 4.19. The van der Waals surface area contributed by atoms with Crippen LogP contribution in [0.4, 0.5) is 8.78 Å². The highest BCUT2D eigenvalue weighted by Crippen LogP contribution is 2.26. The zero-order valence-electron chi connectivity index (χ0n) is 7.52. The molecule has 1 aromatic heterocycles. The summed E-state index contributed by atoms with van der Waals surface area (Å²) in [7, 11) is 0. The van der Waals surface area contributed by atoms with Gasteiger partial charge in [-0.05, 0) is 18.2 Å². The topological polar surface area (TPSA) is 42.4 Å². The smallest absolute Gasteiger partial charge is 0.387 e. The van der Waals surface area contributed by atoms with E-state index in [4.69, 9.17) is 0 Å². The molecule has 0 spiro atoms. The molecule has 0 saturated carbocycles. The van der Waals surface area contributed by atoms with Crippen molar-refractivity contribution in [3.05, 3.63) is 30.5 Å². The van der Waals surface area contributed by atoms with Gasteiger partial charge in [-0.1, -0.05) is 6.07 Å². The standard InChI is InChI=1S/C10H7F2NO2/c11-10(12)15-6-4-7-8(13-5-6)2-1-3-9(7)14/h1-5,10,14H. The van der Waals surface area contributed by atoms with Gasteiger partial charge in [0.15, 0.2) is 0 Å². The van der Waals surface area contributed by atoms with Crippen LogP contribution in [0.3, 0.4) is 0 Å². The van der Waals surface area contributed by atoms with Gasteiger partial charge in [0, 0.05) is 5.39 Å². The Morgan fingerprint density at radius 2 is 2.13 bits per heavy atom. The third-order valence-electron chi connectivity index (χ3n) is 1.90. The van der Waals surface area contributed by atoms with Crippen molar-refractivity contribution in [1.82, 2.24) is 4.98 Å². The quantitative estimate of drug-likeness (QED) is 0.829. The van der Waals surface area contributed by atoms with Gasteiger partial charge >= 0.3 is 6.61 Å². The van der Waals surface area contributed by atoms with Gasteiger partial charge in [0.25, 0.3) is 0 Å². The van der Waals surface area contributed by atoms with Crippen molar-refractivity contribution >= 4 is 10.9 Å². The Balaban J connectivity index is 2.50. The van der Waals surface area contributed by atoms with Crippen molar-refractivity contribution in [3.8, 4) is 11.5 Å². The highest BCUT2D eigenvalue weighted by atomic mass is 19.3. The lowest BCUT2D eigenvalue weighted by atomic mass is 10.2. The molecular weight excluding hydrogens is 204 g/mol. The van der Waals surface area contributed by atoms with Crippen LogP contribution in [0.2, 0.25) is 0 Å². The first-order chi connectivity index (χ1) is 7.16. The lowest BCUT2D eigenvalue weighted by molar-refractivity contribution is -0.0499. The molecule has 0 fully saturated rings. The number of benzene rings is 1. The second-order valence-electron chi connectivity index (χ2n) is 2.89. The van der Waals surface area contributed by atoms with E-state index in [0.29, 0.717) is 10.9 Å². The summed E-state index contributed by atoms with van der Waals surface area (Å²) in [5.41, 5.74) is 0.525. The van der Waals surface area contributed by atoms with E-state index in [9.17, 15) is 13.9 Å². The molecule has 15 heavy (non-hydrogen) atoms. The van der Waals surface area contributed by atoms with Crippen molar-refractivity contribution in [1.29, 1.82) is 0 Å². The van der Waals surface area contributed by atoms with Crippen LogP contribution in [-0.2, 0) is 0 Å². The van der Waals surface area contributed by atoms with Crippen LogP contribution in [0.5, 0.6) is 11.5 Å². The molecule has 0 aliphatic rings. The van der Waals surface area contributed by atoms with Crippen LogP contribution in [0, 0.1) is 0 Å². The van der Waals surface area contributed by atoms with Crippen molar-refractivity contribution in [2.24, 2.45) is 0 Å². The van der Waals surface area contributed by atoms with E-state index < -0.39 is 6.61 Å². The van der Waals surface area contributed by atoms with Crippen molar-refractivity contribution in [2.45, 2.75) is 6.61 Å². The fraction of sp³-hybridized carbons (Fsp3) is 0.100. The number of phenols is 1. The number of nitrogens with zero attached hydrogens (tertiary/aromatic N) is 1. The van der Waals surface area contributed by atoms with Crippen molar-refractivity contribution in [2.75, 3.05) is 0 Å². The van der Waals surface area contributed by atoms with Crippen LogP contribution in [-0.4, -0.2) is 16.7 Å². The van der Waals surface area contributed by atoms with Gasteiger partial charge in [-0.2, -0.15) is 8.78 Å². The van der Waals surface area contributed by atoms with E-state index in [1.54, 1.807) is 12.1 Å². The van der Waals surface area contributed by atoms with E-state index in [0.717, 1.165) is 0 Å². The zero-order chi connectivity index (χ0) is 10.8. The lowest BCUT2D eigenvalue weighted by Gasteiger charge is -2.05. The SMILES string of the molecule is Oc1cccc2ncc(OC(F)F)cc12. The monoisotopic (exact) mass is 211 g/mol. The Hall–Kier alpha value is -1.91. The van der Waals surface area contributed by atoms with E-state index in [1.165, 1.54) is 18.3 Å². The molecule has 1 N–H and O–H groups in total. The number of hydrogen-bond acceptors (Lipinski definition) is 3. The molecule has 0 aliphatic carbocycles. The van der Waals surface area contributed by atoms with Crippen LogP contribution in [0.1, 0.15) is 0 Å². The van der Waals surface area contributed by atoms with Crippen molar-refractivity contribution < 1.29 is 18.6 Å². The summed E-state index contributed by atoms with van der Waals surface area (Å²) in [4.78, 5) is 3.88. The Morgan fingerprint density at radius 3 is 2.87 bits per heavy atom. The third-order valence-corrected chi connectivity index (χ3v) is 1.90. The van der Waals surface area contributed by atoms with Gasteiger partial charge in [0.05, 0.1) is 11.7 Å². The molecule has 0 radical (unpaired) electrons. The number of rotatable bonds is 2. The first kappa shape index (κ1) is 9.64. The number of aromatic nitrogens is 1. The molecule has 0 saturated heterocycles. The van der Waals surface area contributed by atoms with Gasteiger partial charge in [0.2, 0.25) is 0 Å². The van der Waals surface area contributed by atoms with Crippen LogP contribution >= 0.6 is 0 Å². The molecular formula is C10H7F2NO2. The first-order valence-electron chi connectivity index (χ1n) is 4.19. The number of pyridine rings is 1. The minimum atomic E-state index is -2.89. The molecule has 3 nitrogen and oxygen atoms in total. The summed E-state index contributed by atoms with van der Waals surface area (Å²) in [6.07, 6.45) is 1.19. The Labute approximate surface area is 83.9 Å². The van der Waals surface area contributed by atoms with E-state index in [2.05, 4.69) is 9.72 Å². The predicted octanol–water partition coefficient (Wildman–Crippen LogP) is 2.54. The predicted molar refractivity (Wildman–Crippen MR) is 50.0 cm³/mol. The van der Waals surface area contributed by atoms with Gasteiger partial charge in [-0.3, -0.25) is 4.98 Å². The third kappa shape index (κ3) is 1.96. The molecule has 0 amide bonds. The minimum Gasteiger partial charge on any atom is -0.507 e. The van der Waals surface area contributed by atoms with E-state index in [-0.39, 0.29) is 11.5 Å². The lowest BCUT2D eigenvalue weighted by Crippen LogP contribution is -2.02. The fourth-order valence-corrected chi connectivity index (χ4v) is 1.28. The molecule has 0 aliphatic heterocycles. The largest absolute Gasteiger partial charge is 0.507 e. The number of alkyl halides is 2. The van der Waals surface area contributed by atoms with Crippen molar-refractivity contribution in [3.63, 3.8) is 0 Å². The molecule has 1 heterocycles. The number of hydrogen-bond donors (Lipinski definition) is 1. The summed E-state index contributed by atoms with van der Waals surface area (Å²) >= 11 is 0.